The van der Waals surface area contributed by atoms with Crippen molar-refractivity contribution in [3.05, 3.63) is 64.6 Å². The largest absolute Gasteiger partial charge is 0.354 e. The molecule has 2 heterocycles. The summed E-state index contributed by atoms with van der Waals surface area (Å²) >= 11 is 5.88. The summed E-state index contributed by atoms with van der Waals surface area (Å²) < 4.78 is 15.9. The Labute approximate surface area is 188 Å². The molecule has 1 aliphatic rings. The molecule has 0 radical (unpaired) electrons. The fraction of sp³-hybridized carbons (Fsp3) is 0.261. The number of halogens is 2. The van der Waals surface area contributed by atoms with Crippen LogP contribution in [0.25, 0.3) is 10.9 Å². The maximum atomic E-state index is 14.0. The highest BCUT2D eigenvalue weighted by molar-refractivity contribution is 6.31. The smallest absolute Gasteiger partial charge is 0.268 e. The number of hydrogen-bond acceptors (Lipinski definition) is 3. The molecule has 1 unspecified atom stereocenters. The molecule has 1 atom stereocenters. The van der Waals surface area contributed by atoms with Crippen molar-refractivity contribution in [3.63, 3.8) is 0 Å². The lowest BCUT2D eigenvalue weighted by atomic mass is 10.1. The van der Waals surface area contributed by atoms with Crippen LogP contribution in [-0.2, 0) is 4.79 Å². The quantitative estimate of drug-likeness (QED) is 0.544. The zero-order valence-electron chi connectivity index (χ0n) is 17.5. The number of nitrogens with zero attached hydrogens (tertiary/aromatic N) is 1. The standard InChI is InChI=1S/C23H22ClFN4O3/c1-12(2)27-21(30)10-16-11-26-23(32)20-8-13-7-15(4-6-19(13)29(16)20)28-22(31)17-9-14(24)3-5-18(17)25/h3-9,12,16H,10-11H2,1-2H3,(H,26,32)(H,27,30)(H,28,31). The van der Waals surface area contributed by atoms with Crippen molar-refractivity contribution < 1.29 is 18.8 Å². The molecular formula is C23H22ClFN4O3. The summed E-state index contributed by atoms with van der Waals surface area (Å²) in [5.41, 5.74) is 1.49. The number of carbonyl (C=O) groups excluding carboxylic acids is 3. The molecule has 1 aromatic heterocycles. The summed E-state index contributed by atoms with van der Waals surface area (Å²) in [4.78, 5) is 37.2. The fourth-order valence-corrected chi connectivity index (χ4v) is 4.07. The van der Waals surface area contributed by atoms with Gasteiger partial charge < -0.3 is 20.5 Å². The highest BCUT2D eigenvalue weighted by Crippen LogP contribution is 2.30. The van der Waals surface area contributed by atoms with Crippen molar-refractivity contribution in [1.82, 2.24) is 15.2 Å². The Bertz CT molecular complexity index is 1240. The molecular weight excluding hydrogens is 435 g/mol. The Balaban J connectivity index is 1.63. The third-order valence-electron chi connectivity index (χ3n) is 5.24. The van der Waals surface area contributed by atoms with Gasteiger partial charge in [-0.3, -0.25) is 14.4 Å². The monoisotopic (exact) mass is 456 g/mol. The molecule has 0 saturated heterocycles. The van der Waals surface area contributed by atoms with E-state index in [0.29, 0.717) is 17.9 Å². The van der Waals surface area contributed by atoms with Gasteiger partial charge in [-0.2, -0.15) is 0 Å². The van der Waals surface area contributed by atoms with Gasteiger partial charge in [-0.1, -0.05) is 11.6 Å². The van der Waals surface area contributed by atoms with E-state index < -0.39 is 11.7 Å². The second kappa shape index (κ2) is 8.63. The third kappa shape index (κ3) is 4.31. The molecule has 0 spiro atoms. The number of benzene rings is 2. The molecule has 0 saturated carbocycles. The van der Waals surface area contributed by atoms with Crippen molar-refractivity contribution in [2.24, 2.45) is 0 Å². The van der Waals surface area contributed by atoms with Gasteiger partial charge in [0.15, 0.2) is 0 Å². The Hall–Kier alpha value is -3.39. The lowest BCUT2D eigenvalue weighted by Gasteiger charge is -2.27. The molecule has 3 aromatic rings. The first kappa shape index (κ1) is 21.8. The normalized spacial score (nSPS) is 15.4. The van der Waals surface area contributed by atoms with E-state index in [1.54, 1.807) is 24.3 Å². The average molecular weight is 457 g/mol. The van der Waals surface area contributed by atoms with Gasteiger partial charge in [0.05, 0.1) is 11.6 Å². The van der Waals surface area contributed by atoms with E-state index in [0.717, 1.165) is 17.0 Å². The number of nitrogens with one attached hydrogen (secondary N) is 3. The maximum Gasteiger partial charge on any atom is 0.268 e. The SMILES string of the molecule is CC(C)NC(=O)CC1CNC(=O)c2cc3cc(NC(=O)c4cc(Cl)ccc4F)ccc3n21. The van der Waals surface area contributed by atoms with Crippen LogP contribution in [0.5, 0.6) is 0 Å². The molecule has 0 aliphatic carbocycles. The van der Waals surface area contributed by atoms with Gasteiger partial charge in [0, 0.05) is 40.6 Å². The average Bonchev–Trinajstić information content (AvgIpc) is 3.11. The summed E-state index contributed by atoms with van der Waals surface area (Å²) in [6, 6.07) is 10.4. The first-order chi connectivity index (χ1) is 15.2. The number of anilines is 1. The number of rotatable bonds is 5. The highest BCUT2D eigenvalue weighted by Gasteiger charge is 2.29. The van der Waals surface area contributed by atoms with Gasteiger partial charge in [0.25, 0.3) is 11.8 Å². The lowest BCUT2D eigenvalue weighted by Crippen LogP contribution is -2.41. The molecule has 3 amide bonds. The van der Waals surface area contributed by atoms with E-state index in [2.05, 4.69) is 16.0 Å². The number of hydrogen-bond donors (Lipinski definition) is 3. The maximum absolute atomic E-state index is 14.0. The Morgan fingerprint density at radius 3 is 2.75 bits per heavy atom. The van der Waals surface area contributed by atoms with Crippen LogP contribution in [0.15, 0.2) is 42.5 Å². The predicted molar refractivity (Wildman–Crippen MR) is 121 cm³/mol. The van der Waals surface area contributed by atoms with Gasteiger partial charge in [0.2, 0.25) is 5.91 Å². The first-order valence-corrected chi connectivity index (χ1v) is 10.6. The summed E-state index contributed by atoms with van der Waals surface area (Å²) in [6.45, 7) is 4.12. The van der Waals surface area contributed by atoms with Crippen LogP contribution in [0.3, 0.4) is 0 Å². The molecule has 0 fully saturated rings. The zero-order chi connectivity index (χ0) is 23.0. The van der Waals surface area contributed by atoms with Crippen molar-refractivity contribution >= 4 is 45.9 Å². The second-order valence-corrected chi connectivity index (χ2v) is 8.48. The van der Waals surface area contributed by atoms with Crippen LogP contribution in [0, 0.1) is 5.82 Å². The van der Waals surface area contributed by atoms with E-state index in [1.165, 1.54) is 12.1 Å². The van der Waals surface area contributed by atoms with Gasteiger partial charge >= 0.3 is 0 Å². The first-order valence-electron chi connectivity index (χ1n) is 10.2. The van der Waals surface area contributed by atoms with Crippen LogP contribution < -0.4 is 16.0 Å². The van der Waals surface area contributed by atoms with Crippen LogP contribution in [0.2, 0.25) is 5.02 Å². The molecule has 0 bridgehead atoms. The molecule has 32 heavy (non-hydrogen) atoms. The number of aromatic nitrogens is 1. The topological polar surface area (TPSA) is 92.2 Å². The van der Waals surface area contributed by atoms with E-state index in [1.807, 2.05) is 18.4 Å². The minimum atomic E-state index is -0.675. The molecule has 4 rings (SSSR count). The molecule has 2 aromatic carbocycles. The van der Waals surface area contributed by atoms with E-state index in [9.17, 15) is 18.8 Å². The Morgan fingerprint density at radius 2 is 2.00 bits per heavy atom. The molecule has 9 heteroatoms. The van der Waals surface area contributed by atoms with E-state index in [4.69, 9.17) is 11.6 Å². The van der Waals surface area contributed by atoms with Crippen molar-refractivity contribution in [2.75, 3.05) is 11.9 Å². The summed E-state index contributed by atoms with van der Waals surface area (Å²) in [5.74, 6) is -1.63. The minimum Gasteiger partial charge on any atom is -0.354 e. The summed E-state index contributed by atoms with van der Waals surface area (Å²) in [6.07, 6.45) is 0.224. The van der Waals surface area contributed by atoms with Gasteiger partial charge in [-0.15, -0.1) is 0 Å². The van der Waals surface area contributed by atoms with Crippen LogP contribution >= 0.6 is 11.6 Å². The number of amides is 3. The highest BCUT2D eigenvalue weighted by atomic mass is 35.5. The van der Waals surface area contributed by atoms with Gasteiger partial charge in [-0.25, -0.2) is 4.39 Å². The van der Waals surface area contributed by atoms with E-state index in [-0.39, 0.29) is 40.9 Å². The van der Waals surface area contributed by atoms with Gasteiger partial charge in [-0.05, 0) is 56.3 Å². The van der Waals surface area contributed by atoms with Crippen molar-refractivity contribution in [2.45, 2.75) is 32.4 Å². The van der Waals surface area contributed by atoms with Crippen molar-refractivity contribution in [1.29, 1.82) is 0 Å². The fourth-order valence-electron chi connectivity index (χ4n) is 3.90. The molecule has 166 valence electrons. The van der Waals surface area contributed by atoms with Crippen LogP contribution in [-0.4, -0.2) is 34.9 Å². The Morgan fingerprint density at radius 1 is 1.22 bits per heavy atom. The number of fused-ring (bicyclic) bond motifs is 3. The predicted octanol–water partition coefficient (Wildman–Crippen LogP) is 3.89. The zero-order valence-corrected chi connectivity index (χ0v) is 18.3. The minimum absolute atomic E-state index is 0.0251. The molecule has 3 N–H and O–H groups in total. The van der Waals surface area contributed by atoms with Crippen LogP contribution in [0.4, 0.5) is 10.1 Å². The van der Waals surface area contributed by atoms with E-state index >= 15 is 0 Å². The third-order valence-corrected chi connectivity index (χ3v) is 5.47. The summed E-state index contributed by atoms with van der Waals surface area (Å²) in [5, 5.41) is 9.34. The second-order valence-electron chi connectivity index (χ2n) is 8.04. The molecule has 7 nitrogen and oxygen atoms in total. The summed E-state index contributed by atoms with van der Waals surface area (Å²) in [7, 11) is 0. The lowest BCUT2D eigenvalue weighted by molar-refractivity contribution is -0.122. The van der Waals surface area contributed by atoms with Crippen molar-refractivity contribution in [3.8, 4) is 0 Å². The van der Waals surface area contributed by atoms with Crippen LogP contribution in [0.1, 0.15) is 47.2 Å². The number of carbonyl (C=O) groups is 3. The Kier molecular flexibility index (Phi) is 5.88. The van der Waals surface area contributed by atoms with Gasteiger partial charge in [0.1, 0.15) is 11.5 Å². The molecule has 1 aliphatic heterocycles.